The van der Waals surface area contributed by atoms with Crippen LogP contribution in [0.5, 0.6) is 0 Å². The molecule has 0 aromatic heterocycles. The number of morpholine rings is 1. The molecule has 1 saturated carbocycles. The first-order valence-electron chi connectivity index (χ1n) is 8.38. The van der Waals surface area contributed by atoms with Gasteiger partial charge in [0.05, 0.1) is 13.2 Å². The van der Waals surface area contributed by atoms with Crippen molar-refractivity contribution in [3.8, 4) is 0 Å². The van der Waals surface area contributed by atoms with Crippen molar-refractivity contribution in [3.63, 3.8) is 0 Å². The maximum Gasteiger partial charge on any atom is 0.0642 e. The SMILES string of the molecule is CC1(CNCc2ccc(N3CCOCC3)cc2)CCCC1. The van der Waals surface area contributed by atoms with Gasteiger partial charge in [-0.3, -0.25) is 0 Å². The van der Waals surface area contributed by atoms with Crippen LogP contribution in [0.4, 0.5) is 5.69 Å². The molecule has 3 heteroatoms. The maximum absolute atomic E-state index is 5.40. The average Bonchev–Trinajstić information content (AvgIpc) is 2.96. The molecule has 0 atom stereocenters. The fraction of sp³-hybridized carbons (Fsp3) is 0.667. The highest BCUT2D eigenvalue weighted by Crippen LogP contribution is 2.36. The van der Waals surface area contributed by atoms with E-state index in [0.29, 0.717) is 5.41 Å². The van der Waals surface area contributed by atoms with Gasteiger partial charge in [-0.1, -0.05) is 31.9 Å². The molecule has 1 aliphatic heterocycles. The Hall–Kier alpha value is -1.06. The summed E-state index contributed by atoms with van der Waals surface area (Å²) < 4.78 is 5.40. The van der Waals surface area contributed by atoms with Crippen LogP contribution in [0.1, 0.15) is 38.2 Å². The Bertz CT molecular complexity index is 431. The van der Waals surface area contributed by atoms with E-state index in [2.05, 4.69) is 41.4 Å². The van der Waals surface area contributed by atoms with Crippen molar-refractivity contribution in [2.24, 2.45) is 5.41 Å². The summed E-state index contributed by atoms with van der Waals surface area (Å²) in [4.78, 5) is 2.40. The quantitative estimate of drug-likeness (QED) is 0.900. The summed E-state index contributed by atoms with van der Waals surface area (Å²) in [6.45, 7) is 8.28. The summed E-state index contributed by atoms with van der Waals surface area (Å²) in [5, 5.41) is 3.65. The zero-order chi connectivity index (χ0) is 14.5. The largest absolute Gasteiger partial charge is 0.378 e. The molecule has 21 heavy (non-hydrogen) atoms. The van der Waals surface area contributed by atoms with Gasteiger partial charge < -0.3 is 15.0 Å². The van der Waals surface area contributed by atoms with E-state index in [9.17, 15) is 0 Å². The predicted octanol–water partition coefficient (Wildman–Crippen LogP) is 3.19. The second kappa shape index (κ2) is 6.80. The molecule has 0 unspecified atom stereocenters. The third kappa shape index (κ3) is 3.98. The van der Waals surface area contributed by atoms with Crippen LogP contribution < -0.4 is 10.2 Å². The number of nitrogens with one attached hydrogen (secondary N) is 1. The van der Waals surface area contributed by atoms with Crippen molar-refractivity contribution in [2.75, 3.05) is 37.7 Å². The number of benzene rings is 1. The molecule has 0 amide bonds. The fourth-order valence-corrected chi connectivity index (χ4v) is 3.56. The van der Waals surface area contributed by atoms with Crippen LogP contribution >= 0.6 is 0 Å². The first-order chi connectivity index (χ1) is 10.3. The molecule has 1 aromatic carbocycles. The Morgan fingerprint density at radius 3 is 2.43 bits per heavy atom. The lowest BCUT2D eigenvalue weighted by molar-refractivity contribution is 0.122. The van der Waals surface area contributed by atoms with Crippen molar-refractivity contribution < 1.29 is 4.74 Å². The highest BCUT2D eigenvalue weighted by Gasteiger charge is 2.27. The number of hydrogen-bond donors (Lipinski definition) is 1. The monoisotopic (exact) mass is 288 g/mol. The Labute approximate surface area is 128 Å². The predicted molar refractivity (Wildman–Crippen MR) is 87.8 cm³/mol. The first-order valence-corrected chi connectivity index (χ1v) is 8.38. The minimum absolute atomic E-state index is 0.535. The van der Waals surface area contributed by atoms with Crippen LogP contribution in [0.15, 0.2) is 24.3 Å². The van der Waals surface area contributed by atoms with Gasteiger partial charge in [-0.15, -0.1) is 0 Å². The summed E-state index contributed by atoms with van der Waals surface area (Å²) >= 11 is 0. The third-order valence-corrected chi connectivity index (χ3v) is 5.00. The minimum atomic E-state index is 0.535. The van der Waals surface area contributed by atoms with Gasteiger partial charge in [0.2, 0.25) is 0 Å². The molecule has 1 heterocycles. The normalized spacial score (nSPS) is 21.7. The van der Waals surface area contributed by atoms with Crippen molar-refractivity contribution in [2.45, 2.75) is 39.2 Å². The molecule has 0 bridgehead atoms. The second-order valence-electron chi connectivity index (χ2n) is 6.89. The molecule has 3 rings (SSSR count). The number of ether oxygens (including phenoxy) is 1. The highest BCUT2D eigenvalue weighted by molar-refractivity contribution is 5.47. The summed E-state index contributed by atoms with van der Waals surface area (Å²) in [6.07, 6.45) is 5.59. The first kappa shape index (κ1) is 14.9. The van der Waals surface area contributed by atoms with Crippen molar-refractivity contribution in [1.82, 2.24) is 5.32 Å². The molecule has 1 N–H and O–H groups in total. The number of rotatable bonds is 5. The van der Waals surface area contributed by atoms with E-state index >= 15 is 0 Å². The van der Waals surface area contributed by atoms with Gasteiger partial charge in [-0.2, -0.15) is 0 Å². The average molecular weight is 288 g/mol. The Morgan fingerprint density at radius 1 is 1.10 bits per heavy atom. The summed E-state index contributed by atoms with van der Waals surface area (Å²) in [6, 6.07) is 9.02. The summed E-state index contributed by atoms with van der Waals surface area (Å²) in [5.41, 5.74) is 3.24. The van der Waals surface area contributed by atoms with E-state index in [0.717, 1.165) is 39.4 Å². The van der Waals surface area contributed by atoms with Gasteiger partial charge in [-0.25, -0.2) is 0 Å². The van der Waals surface area contributed by atoms with Crippen LogP contribution in [-0.2, 0) is 11.3 Å². The molecule has 2 aliphatic rings. The van der Waals surface area contributed by atoms with Crippen molar-refractivity contribution >= 4 is 5.69 Å². The maximum atomic E-state index is 5.40. The smallest absolute Gasteiger partial charge is 0.0642 e. The van der Waals surface area contributed by atoms with Crippen LogP contribution in [0.3, 0.4) is 0 Å². The van der Waals surface area contributed by atoms with Gasteiger partial charge in [0.25, 0.3) is 0 Å². The molecule has 1 saturated heterocycles. The lowest BCUT2D eigenvalue weighted by Gasteiger charge is -2.29. The third-order valence-electron chi connectivity index (χ3n) is 5.00. The number of hydrogen-bond acceptors (Lipinski definition) is 3. The Balaban J connectivity index is 1.47. The van der Waals surface area contributed by atoms with E-state index in [1.165, 1.54) is 36.9 Å². The molecule has 1 aliphatic carbocycles. The lowest BCUT2D eigenvalue weighted by atomic mass is 9.89. The highest BCUT2D eigenvalue weighted by atomic mass is 16.5. The van der Waals surface area contributed by atoms with Crippen LogP contribution in [0.25, 0.3) is 0 Å². The van der Waals surface area contributed by atoms with Gasteiger partial charge >= 0.3 is 0 Å². The van der Waals surface area contributed by atoms with Crippen LogP contribution in [-0.4, -0.2) is 32.8 Å². The van der Waals surface area contributed by atoms with E-state index in [4.69, 9.17) is 4.74 Å². The molecule has 2 fully saturated rings. The van der Waals surface area contributed by atoms with E-state index < -0.39 is 0 Å². The molecular weight excluding hydrogens is 260 g/mol. The summed E-state index contributed by atoms with van der Waals surface area (Å²) in [5.74, 6) is 0. The molecule has 1 aromatic rings. The number of nitrogens with zero attached hydrogens (tertiary/aromatic N) is 1. The Kier molecular flexibility index (Phi) is 4.81. The fourth-order valence-electron chi connectivity index (χ4n) is 3.56. The van der Waals surface area contributed by atoms with Crippen LogP contribution in [0.2, 0.25) is 0 Å². The van der Waals surface area contributed by atoms with Gasteiger partial charge in [-0.05, 0) is 36.0 Å². The van der Waals surface area contributed by atoms with Gasteiger partial charge in [0, 0.05) is 31.9 Å². The second-order valence-corrected chi connectivity index (χ2v) is 6.89. The molecule has 0 radical (unpaired) electrons. The molecule has 116 valence electrons. The molecule has 0 spiro atoms. The topological polar surface area (TPSA) is 24.5 Å². The van der Waals surface area contributed by atoms with Crippen molar-refractivity contribution in [1.29, 1.82) is 0 Å². The minimum Gasteiger partial charge on any atom is -0.378 e. The van der Waals surface area contributed by atoms with E-state index in [1.54, 1.807) is 0 Å². The van der Waals surface area contributed by atoms with E-state index in [-0.39, 0.29) is 0 Å². The molecule has 3 nitrogen and oxygen atoms in total. The van der Waals surface area contributed by atoms with Crippen molar-refractivity contribution in [3.05, 3.63) is 29.8 Å². The molecular formula is C18H28N2O. The number of anilines is 1. The Morgan fingerprint density at radius 2 is 1.76 bits per heavy atom. The van der Waals surface area contributed by atoms with Gasteiger partial charge in [0.1, 0.15) is 0 Å². The lowest BCUT2D eigenvalue weighted by Crippen LogP contribution is -2.36. The zero-order valence-corrected chi connectivity index (χ0v) is 13.2. The summed E-state index contributed by atoms with van der Waals surface area (Å²) in [7, 11) is 0. The van der Waals surface area contributed by atoms with Crippen LogP contribution in [0, 0.1) is 5.41 Å². The van der Waals surface area contributed by atoms with Gasteiger partial charge in [0.15, 0.2) is 0 Å². The van der Waals surface area contributed by atoms with E-state index in [1.807, 2.05) is 0 Å². The standard InChI is InChI=1S/C18H28N2O/c1-18(8-2-3-9-18)15-19-14-16-4-6-17(7-5-16)20-10-12-21-13-11-20/h4-7,19H,2-3,8-15H2,1H3. The zero-order valence-electron chi connectivity index (χ0n) is 13.2.